The largest absolute Gasteiger partial charge is 0.502 e. The van der Waals surface area contributed by atoms with Gasteiger partial charge in [-0.05, 0) is 23.8 Å². The highest BCUT2D eigenvalue weighted by molar-refractivity contribution is 7.32. The summed E-state index contributed by atoms with van der Waals surface area (Å²) in [4.78, 5) is 0. The molecule has 1 rings (SSSR count). The Morgan fingerprint density at radius 3 is 2.24 bits per heavy atom. The van der Waals surface area contributed by atoms with E-state index in [0.29, 0.717) is 5.56 Å². The average Bonchev–Trinajstić information content (AvgIpc) is 2.30. The Hall–Kier alpha value is -1.68. The molecule has 7 heteroatoms. The van der Waals surface area contributed by atoms with E-state index in [1.54, 1.807) is 0 Å². The lowest BCUT2D eigenvalue weighted by Gasteiger charge is -2.09. The van der Waals surface area contributed by atoms with E-state index in [-0.39, 0.29) is 17.2 Å². The molecular formula is C10H12FO5P. The molecular weight excluding hydrogens is 250 g/mol. The van der Waals surface area contributed by atoms with Crippen molar-refractivity contribution in [3.8, 4) is 17.2 Å². The Kier molecular flexibility index (Phi) is 4.84. The van der Waals surface area contributed by atoms with Gasteiger partial charge in [0.15, 0.2) is 11.5 Å². The van der Waals surface area contributed by atoms with Crippen molar-refractivity contribution in [1.82, 2.24) is 0 Å². The molecule has 1 aromatic rings. The van der Waals surface area contributed by atoms with Gasteiger partial charge in [0.05, 0.1) is 20.5 Å². The molecule has 1 aromatic carbocycles. The minimum absolute atomic E-state index is 0.132. The predicted molar refractivity (Wildman–Crippen MR) is 61.4 cm³/mol. The van der Waals surface area contributed by atoms with Gasteiger partial charge < -0.3 is 19.1 Å². The van der Waals surface area contributed by atoms with E-state index in [9.17, 15) is 13.9 Å². The molecule has 0 heterocycles. The van der Waals surface area contributed by atoms with Gasteiger partial charge in [-0.25, -0.2) is 4.57 Å². The molecule has 1 atom stereocenters. The second-order valence-corrected chi connectivity index (χ2v) is 3.64. The lowest BCUT2D eigenvalue weighted by atomic mass is 10.2. The van der Waals surface area contributed by atoms with E-state index in [1.807, 2.05) is 0 Å². The highest BCUT2D eigenvalue weighted by Gasteiger charge is 2.09. The van der Waals surface area contributed by atoms with Crippen molar-refractivity contribution in [3.63, 3.8) is 0 Å². The zero-order valence-corrected chi connectivity index (χ0v) is 10.3. The van der Waals surface area contributed by atoms with Crippen LogP contribution in [0.2, 0.25) is 0 Å². The zero-order chi connectivity index (χ0) is 12.8. The molecule has 0 saturated carbocycles. The summed E-state index contributed by atoms with van der Waals surface area (Å²) in [6, 6.07) is 2.99. The van der Waals surface area contributed by atoms with Crippen LogP contribution in [-0.4, -0.2) is 19.3 Å². The number of ether oxygens (including phenoxy) is 2. The van der Waals surface area contributed by atoms with Gasteiger partial charge in [0.25, 0.3) is 0 Å². The van der Waals surface area contributed by atoms with E-state index in [0.717, 1.165) is 6.26 Å². The maximum Gasteiger partial charge on any atom is 0.403 e. The fourth-order valence-electron chi connectivity index (χ4n) is 1.18. The Morgan fingerprint density at radius 2 is 1.82 bits per heavy atom. The maximum atomic E-state index is 11.9. The quantitative estimate of drug-likeness (QED) is 0.652. The van der Waals surface area contributed by atoms with Crippen LogP contribution in [0.1, 0.15) is 5.56 Å². The summed E-state index contributed by atoms with van der Waals surface area (Å²) in [5, 5.41) is 9.62. The van der Waals surface area contributed by atoms with Crippen molar-refractivity contribution < 1.29 is 27.9 Å². The number of phenols is 1. The molecule has 0 amide bonds. The number of halogens is 1. The number of hydrogen-bond acceptors (Lipinski definition) is 5. The minimum atomic E-state index is -3.49. The van der Waals surface area contributed by atoms with Gasteiger partial charge >= 0.3 is 8.34 Å². The first kappa shape index (κ1) is 13.4. The van der Waals surface area contributed by atoms with Crippen LogP contribution >= 0.6 is 8.34 Å². The molecule has 0 spiro atoms. The first-order valence-electron chi connectivity index (χ1n) is 4.56. The molecule has 0 aliphatic carbocycles. The SMILES string of the molecule is COc1cc(/C=C/O[PH](=O)F)cc(OC)c1O. The smallest absolute Gasteiger partial charge is 0.403 e. The van der Waals surface area contributed by atoms with Crippen molar-refractivity contribution >= 4 is 14.4 Å². The number of rotatable bonds is 5. The van der Waals surface area contributed by atoms with E-state index >= 15 is 0 Å². The first-order valence-corrected chi connectivity index (χ1v) is 5.75. The summed E-state index contributed by atoms with van der Waals surface area (Å²) in [5.74, 6) is 0.279. The Labute approximate surface area is 98.4 Å². The van der Waals surface area contributed by atoms with Gasteiger partial charge in [0.2, 0.25) is 5.75 Å². The van der Waals surface area contributed by atoms with Crippen LogP contribution in [-0.2, 0) is 9.09 Å². The Balaban J connectivity index is 3.00. The van der Waals surface area contributed by atoms with Crippen LogP contribution in [0, 0.1) is 0 Å². The molecule has 0 fully saturated rings. The molecule has 0 bridgehead atoms. The van der Waals surface area contributed by atoms with Gasteiger partial charge in [0.1, 0.15) is 0 Å². The molecule has 17 heavy (non-hydrogen) atoms. The van der Waals surface area contributed by atoms with Gasteiger partial charge in [-0.3, -0.25) is 0 Å². The normalized spacial score (nSPS) is 12.4. The second-order valence-electron chi connectivity index (χ2n) is 2.93. The van der Waals surface area contributed by atoms with E-state index in [4.69, 9.17) is 9.47 Å². The van der Waals surface area contributed by atoms with Crippen molar-refractivity contribution in [1.29, 1.82) is 0 Å². The van der Waals surface area contributed by atoms with Crippen LogP contribution in [0.25, 0.3) is 6.08 Å². The van der Waals surface area contributed by atoms with Crippen molar-refractivity contribution in [2.75, 3.05) is 14.2 Å². The minimum Gasteiger partial charge on any atom is -0.502 e. The van der Waals surface area contributed by atoms with Gasteiger partial charge in [-0.15, -0.1) is 4.20 Å². The fraction of sp³-hybridized carbons (Fsp3) is 0.200. The lowest BCUT2D eigenvalue weighted by Crippen LogP contribution is -1.90. The molecule has 1 unspecified atom stereocenters. The summed E-state index contributed by atoms with van der Waals surface area (Å²) < 4.78 is 36.1. The van der Waals surface area contributed by atoms with E-state index in [2.05, 4.69) is 4.52 Å². The summed E-state index contributed by atoms with van der Waals surface area (Å²) in [7, 11) is -0.716. The highest BCUT2D eigenvalue weighted by atomic mass is 31.2. The van der Waals surface area contributed by atoms with Gasteiger partial charge in [-0.2, -0.15) is 0 Å². The van der Waals surface area contributed by atoms with Crippen LogP contribution < -0.4 is 9.47 Å². The van der Waals surface area contributed by atoms with Crippen molar-refractivity contribution in [2.45, 2.75) is 0 Å². The van der Waals surface area contributed by atoms with Gasteiger partial charge in [-0.1, -0.05) is 0 Å². The van der Waals surface area contributed by atoms with Crippen LogP contribution in [0.5, 0.6) is 17.2 Å². The maximum absolute atomic E-state index is 11.9. The number of benzene rings is 1. The summed E-state index contributed by atoms with van der Waals surface area (Å²) in [5.41, 5.74) is 0.541. The van der Waals surface area contributed by atoms with Crippen LogP contribution in [0.3, 0.4) is 0 Å². The van der Waals surface area contributed by atoms with Crippen LogP contribution in [0.15, 0.2) is 18.4 Å². The lowest BCUT2D eigenvalue weighted by molar-refractivity contribution is 0.339. The zero-order valence-electron chi connectivity index (χ0n) is 9.27. The Bertz CT molecular complexity index is 421. The molecule has 0 aromatic heterocycles. The topological polar surface area (TPSA) is 65.0 Å². The molecule has 0 aliphatic heterocycles. The summed E-state index contributed by atoms with van der Waals surface area (Å²) in [6.45, 7) is 0. The Morgan fingerprint density at radius 1 is 1.29 bits per heavy atom. The molecule has 94 valence electrons. The van der Waals surface area contributed by atoms with E-state index < -0.39 is 8.34 Å². The highest BCUT2D eigenvalue weighted by Crippen LogP contribution is 2.37. The van der Waals surface area contributed by atoms with Crippen molar-refractivity contribution in [2.24, 2.45) is 0 Å². The third-order valence-corrected chi connectivity index (χ3v) is 2.24. The monoisotopic (exact) mass is 262 g/mol. The van der Waals surface area contributed by atoms with Gasteiger partial charge in [0, 0.05) is 0 Å². The number of methoxy groups -OCH3 is 2. The molecule has 0 radical (unpaired) electrons. The van der Waals surface area contributed by atoms with Crippen LogP contribution in [0.4, 0.5) is 4.20 Å². The number of hydrogen-bond donors (Lipinski definition) is 1. The second kappa shape index (κ2) is 6.15. The number of phenolic OH excluding ortho intramolecular Hbond substituents is 1. The summed E-state index contributed by atoms with van der Waals surface area (Å²) >= 11 is 0. The fourth-order valence-corrected chi connectivity index (χ4v) is 1.35. The first-order chi connectivity index (χ1) is 8.08. The average molecular weight is 262 g/mol. The standard InChI is InChI=1S/C10H12FO5P/c1-14-8-5-7(3-4-16-17(11)13)6-9(15-2)10(8)12/h3-6,12,17H,1-2H3/b4-3+. The molecule has 1 N–H and O–H groups in total. The molecule has 0 aliphatic rings. The third-order valence-electron chi connectivity index (χ3n) is 1.92. The number of aromatic hydroxyl groups is 1. The molecule has 5 nitrogen and oxygen atoms in total. The summed E-state index contributed by atoms with van der Waals surface area (Å²) in [6.07, 6.45) is 2.33. The third kappa shape index (κ3) is 3.67. The van der Waals surface area contributed by atoms with Crippen molar-refractivity contribution in [3.05, 3.63) is 24.0 Å². The predicted octanol–water partition coefficient (Wildman–Crippen LogP) is 2.76. The van der Waals surface area contributed by atoms with E-state index in [1.165, 1.54) is 32.4 Å². The molecule has 0 saturated heterocycles.